The van der Waals surface area contributed by atoms with Gasteiger partial charge >= 0.3 is 0 Å². The van der Waals surface area contributed by atoms with Crippen molar-refractivity contribution in [3.63, 3.8) is 0 Å². The molecule has 1 aromatic heterocycles. The summed E-state index contributed by atoms with van der Waals surface area (Å²) in [5.74, 6) is 0. The first-order valence-corrected chi connectivity index (χ1v) is 8.89. The van der Waals surface area contributed by atoms with E-state index in [1.165, 1.54) is 26.9 Å². The van der Waals surface area contributed by atoms with Crippen LogP contribution in [-0.4, -0.2) is 6.04 Å². The number of rotatable bonds is 3. The standard InChI is InChI=1S/C16H17BrClNS/c1-10(15-6-7-16(18)20-15)19-14-5-3-11-8-13(17)4-2-12(11)9-14/h2,4,6-8,10,14,19H,3,5,9H2,1H3. The lowest BCUT2D eigenvalue weighted by molar-refractivity contribution is 0.416. The largest absolute Gasteiger partial charge is 0.306 e. The lowest BCUT2D eigenvalue weighted by Gasteiger charge is -2.28. The van der Waals surface area contributed by atoms with Crippen LogP contribution in [0, 0.1) is 0 Å². The molecule has 0 spiro atoms. The van der Waals surface area contributed by atoms with E-state index in [1.807, 2.05) is 6.07 Å². The van der Waals surface area contributed by atoms with Crippen LogP contribution in [0.4, 0.5) is 0 Å². The summed E-state index contributed by atoms with van der Waals surface area (Å²) >= 11 is 11.2. The third kappa shape index (κ3) is 3.28. The van der Waals surface area contributed by atoms with Crippen LogP contribution in [-0.2, 0) is 12.8 Å². The lowest BCUT2D eigenvalue weighted by atomic mass is 9.88. The van der Waals surface area contributed by atoms with Crippen molar-refractivity contribution in [3.8, 4) is 0 Å². The SMILES string of the molecule is CC(NC1CCc2cc(Br)ccc2C1)c1ccc(Cl)s1. The molecular formula is C16H17BrClNS. The van der Waals surface area contributed by atoms with Crippen LogP contribution in [0.25, 0.3) is 0 Å². The fraction of sp³-hybridized carbons (Fsp3) is 0.375. The third-order valence-electron chi connectivity index (χ3n) is 3.90. The molecule has 0 saturated carbocycles. The molecule has 3 rings (SSSR count). The minimum absolute atomic E-state index is 0.370. The van der Waals surface area contributed by atoms with Gasteiger partial charge in [-0.3, -0.25) is 0 Å². The van der Waals surface area contributed by atoms with Crippen molar-refractivity contribution in [2.45, 2.75) is 38.3 Å². The summed E-state index contributed by atoms with van der Waals surface area (Å²) in [5.41, 5.74) is 2.97. The normalized spacial score (nSPS) is 19.6. The Morgan fingerprint density at radius 3 is 2.90 bits per heavy atom. The zero-order valence-corrected chi connectivity index (χ0v) is 14.5. The highest BCUT2D eigenvalue weighted by atomic mass is 79.9. The van der Waals surface area contributed by atoms with Crippen LogP contribution in [0.1, 0.15) is 35.4 Å². The van der Waals surface area contributed by atoms with Crippen LogP contribution in [0.15, 0.2) is 34.8 Å². The van der Waals surface area contributed by atoms with E-state index in [2.05, 4.69) is 52.4 Å². The van der Waals surface area contributed by atoms with Gasteiger partial charge in [0.1, 0.15) is 0 Å². The molecule has 1 nitrogen and oxygen atoms in total. The first-order valence-electron chi connectivity index (χ1n) is 6.90. The van der Waals surface area contributed by atoms with E-state index in [0.29, 0.717) is 12.1 Å². The maximum Gasteiger partial charge on any atom is 0.0931 e. The lowest BCUT2D eigenvalue weighted by Crippen LogP contribution is -2.36. The highest BCUT2D eigenvalue weighted by Gasteiger charge is 2.21. The van der Waals surface area contributed by atoms with Gasteiger partial charge < -0.3 is 5.32 Å². The van der Waals surface area contributed by atoms with Crippen molar-refractivity contribution < 1.29 is 0 Å². The van der Waals surface area contributed by atoms with Gasteiger partial charge in [-0.25, -0.2) is 0 Å². The number of hydrogen-bond donors (Lipinski definition) is 1. The average molecular weight is 371 g/mol. The van der Waals surface area contributed by atoms with Gasteiger partial charge in [0, 0.05) is 21.4 Å². The molecule has 2 aromatic rings. The van der Waals surface area contributed by atoms with E-state index in [1.54, 1.807) is 11.3 Å². The molecule has 0 saturated heterocycles. The van der Waals surface area contributed by atoms with Crippen LogP contribution in [0.3, 0.4) is 0 Å². The van der Waals surface area contributed by atoms with Gasteiger partial charge in [-0.05, 0) is 61.6 Å². The Morgan fingerprint density at radius 1 is 1.30 bits per heavy atom. The first kappa shape index (κ1) is 14.6. The zero-order chi connectivity index (χ0) is 14.1. The Balaban J connectivity index is 1.67. The molecule has 2 unspecified atom stereocenters. The van der Waals surface area contributed by atoms with Gasteiger partial charge in [0.2, 0.25) is 0 Å². The van der Waals surface area contributed by atoms with E-state index in [0.717, 1.165) is 17.2 Å². The highest BCUT2D eigenvalue weighted by molar-refractivity contribution is 9.10. The van der Waals surface area contributed by atoms with E-state index in [9.17, 15) is 0 Å². The predicted octanol–water partition coefficient (Wildman–Crippen LogP) is 5.37. The summed E-state index contributed by atoms with van der Waals surface area (Å²) in [4.78, 5) is 1.32. The van der Waals surface area contributed by atoms with Crippen LogP contribution >= 0.6 is 38.9 Å². The number of fused-ring (bicyclic) bond motifs is 1. The molecule has 1 aliphatic carbocycles. The van der Waals surface area contributed by atoms with Crippen LogP contribution in [0.5, 0.6) is 0 Å². The molecule has 0 radical (unpaired) electrons. The monoisotopic (exact) mass is 369 g/mol. The zero-order valence-electron chi connectivity index (χ0n) is 11.3. The molecule has 2 atom stereocenters. The fourth-order valence-electron chi connectivity index (χ4n) is 2.86. The molecule has 0 fully saturated rings. The van der Waals surface area contributed by atoms with Gasteiger partial charge in [-0.2, -0.15) is 0 Å². The number of halogens is 2. The number of hydrogen-bond acceptors (Lipinski definition) is 2. The molecule has 1 heterocycles. The Labute approximate surface area is 137 Å². The smallest absolute Gasteiger partial charge is 0.0931 e. The van der Waals surface area contributed by atoms with Gasteiger partial charge in [-0.15, -0.1) is 11.3 Å². The summed E-state index contributed by atoms with van der Waals surface area (Å²) in [6, 6.07) is 11.7. The molecule has 0 bridgehead atoms. The van der Waals surface area contributed by atoms with Crippen LogP contribution < -0.4 is 5.32 Å². The number of thiophene rings is 1. The molecule has 20 heavy (non-hydrogen) atoms. The topological polar surface area (TPSA) is 12.0 Å². The molecule has 1 aliphatic rings. The molecule has 1 aromatic carbocycles. The maximum absolute atomic E-state index is 6.02. The second-order valence-corrected chi connectivity index (χ2v) is 8.05. The van der Waals surface area contributed by atoms with E-state index in [-0.39, 0.29) is 0 Å². The molecule has 0 aliphatic heterocycles. The highest BCUT2D eigenvalue weighted by Crippen LogP contribution is 2.29. The van der Waals surface area contributed by atoms with Crippen molar-refractivity contribution in [1.29, 1.82) is 0 Å². The minimum Gasteiger partial charge on any atom is -0.306 e. The van der Waals surface area contributed by atoms with E-state index < -0.39 is 0 Å². The van der Waals surface area contributed by atoms with Crippen molar-refractivity contribution in [2.75, 3.05) is 0 Å². The Morgan fingerprint density at radius 2 is 2.15 bits per heavy atom. The number of aryl methyl sites for hydroxylation is 1. The van der Waals surface area contributed by atoms with Crippen molar-refractivity contribution in [3.05, 3.63) is 55.1 Å². The number of nitrogens with one attached hydrogen (secondary N) is 1. The van der Waals surface area contributed by atoms with Gasteiger partial charge in [0.25, 0.3) is 0 Å². The van der Waals surface area contributed by atoms with Crippen molar-refractivity contribution in [2.24, 2.45) is 0 Å². The van der Waals surface area contributed by atoms with E-state index in [4.69, 9.17) is 11.6 Å². The first-order chi connectivity index (χ1) is 9.61. The second-order valence-electron chi connectivity index (χ2n) is 5.38. The van der Waals surface area contributed by atoms with Crippen LogP contribution in [0.2, 0.25) is 4.34 Å². The minimum atomic E-state index is 0.370. The summed E-state index contributed by atoms with van der Waals surface area (Å²) < 4.78 is 2.05. The van der Waals surface area contributed by atoms with Gasteiger partial charge in [0.05, 0.1) is 4.34 Å². The fourth-order valence-corrected chi connectivity index (χ4v) is 4.34. The van der Waals surface area contributed by atoms with Crippen molar-refractivity contribution >= 4 is 38.9 Å². The van der Waals surface area contributed by atoms with Gasteiger partial charge in [-0.1, -0.05) is 33.6 Å². The second kappa shape index (κ2) is 6.18. The molecule has 4 heteroatoms. The Kier molecular flexibility index (Phi) is 4.51. The molecular weight excluding hydrogens is 354 g/mol. The predicted molar refractivity (Wildman–Crippen MR) is 90.8 cm³/mol. The summed E-state index contributed by atoms with van der Waals surface area (Å²) in [6.07, 6.45) is 3.48. The summed E-state index contributed by atoms with van der Waals surface area (Å²) in [6.45, 7) is 2.22. The summed E-state index contributed by atoms with van der Waals surface area (Å²) in [7, 11) is 0. The molecule has 106 valence electrons. The quantitative estimate of drug-likeness (QED) is 0.765. The maximum atomic E-state index is 6.02. The average Bonchev–Trinajstić information content (AvgIpc) is 2.86. The number of benzene rings is 1. The summed E-state index contributed by atoms with van der Waals surface area (Å²) in [5, 5.41) is 3.74. The Bertz CT molecular complexity index is 610. The van der Waals surface area contributed by atoms with E-state index >= 15 is 0 Å². The van der Waals surface area contributed by atoms with Gasteiger partial charge in [0.15, 0.2) is 0 Å². The molecule has 1 N–H and O–H groups in total. The Hall–Kier alpha value is -0.350. The third-order valence-corrected chi connectivity index (χ3v) is 5.81. The molecule has 0 amide bonds. The van der Waals surface area contributed by atoms with Crippen molar-refractivity contribution in [1.82, 2.24) is 5.32 Å².